The first-order valence-electron chi connectivity index (χ1n) is 7.39. The Morgan fingerprint density at radius 3 is 2.68 bits per heavy atom. The fourth-order valence-electron chi connectivity index (χ4n) is 3.39. The summed E-state index contributed by atoms with van der Waals surface area (Å²) in [6, 6.07) is 0. The highest BCUT2D eigenvalue weighted by atomic mass is 16.2. The van der Waals surface area contributed by atoms with E-state index in [1.165, 1.54) is 6.42 Å². The zero-order valence-corrected chi connectivity index (χ0v) is 12.4. The summed E-state index contributed by atoms with van der Waals surface area (Å²) in [5, 5.41) is 0. The molecule has 0 radical (unpaired) electrons. The van der Waals surface area contributed by atoms with Crippen molar-refractivity contribution in [2.24, 2.45) is 5.92 Å². The Morgan fingerprint density at radius 2 is 2.11 bits per heavy atom. The third kappa shape index (κ3) is 3.56. The SMILES string of the molecule is CN1CCC(CCC(=O)N2CCC(=O)CC2(C)C)C1. The Labute approximate surface area is 116 Å². The second-order valence-electron chi connectivity index (χ2n) is 6.78. The molecule has 0 aromatic rings. The first-order chi connectivity index (χ1) is 8.88. The first kappa shape index (κ1) is 14.5. The molecule has 2 rings (SSSR count). The minimum absolute atomic E-state index is 0.229. The van der Waals surface area contributed by atoms with Gasteiger partial charge in [-0.25, -0.2) is 0 Å². The van der Waals surface area contributed by atoms with Gasteiger partial charge in [-0.1, -0.05) is 0 Å². The standard InChI is InChI=1S/C15H26N2O2/c1-15(2)10-13(18)7-9-17(15)14(19)5-4-12-6-8-16(3)11-12/h12H,4-11H2,1-3H3. The van der Waals surface area contributed by atoms with Crippen LogP contribution in [0.2, 0.25) is 0 Å². The molecule has 108 valence electrons. The number of likely N-dealkylation sites (tertiary alicyclic amines) is 2. The van der Waals surface area contributed by atoms with Crippen molar-refractivity contribution in [2.45, 2.75) is 51.5 Å². The third-order valence-corrected chi connectivity index (χ3v) is 4.53. The van der Waals surface area contributed by atoms with E-state index in [4.69, 9.17) is 0 Å². The van der Waals surface area contributed by atoms with Gasteiger partial charge in [-0.2, -0.15) is 0 Å². The van der Waals surface area contributed by atoms with Gasteiger partial charge in [-0.3, -0.25) is 9.59 Å². The Morgan fingerprint density at radius 1 is 1.37 bits per heavy atom. The van der Waals surface area contributed by atoms with Crippen LogP contribution in [0.15, 0.2) is 0 Å². The van der Waals surface area contributed by atoms with E-state index in [1.807, 2.05) is 18.7 Å². The van der Waals surface area contributed by atoms with Crippen LogP contribution >= 0.6 is 0 Å². The van der Waals surface area contributed by atoms with E-state index < -0.39 is 0 Å². The lowest BCUT2D eigenvalue weighted by atomic mass is 9.89. The number of rotatable bonds is 3. The summed E-state index contributed by atoms with van der Waals surface area (Å²) in [7, 11) is 2.14. The summed E-state index contributed by atoms with van der Waals surface area (Å²) in [6.07, 6.45) is 3.87. The van der Waals surface area contributed by atoms with Gasteiger partial charge in [0.15, 0.2) is 0 Å². The lowest BCUT2D eigenvalue weighted by Gasteiger charge is -2.42. The van der Waals surface area contributed by atoms with Crippen LogP contribution in [0.1, 0.15) is 46.0 Å². The first-order valence-corrected chi connectivity index (χ1v) is 7.39. The number of Topliss-reactive ketones (excluding diaryl/α,β-unsaturated/α-hetero) is 1. The van der Waals surface area contributed by atoms with Crippen molar-refractivity contribution < 1.29 is 9.59 Å². The van der Waals surface area contributed by atoms with Crippen molar-refractivity contribution in [3.63, 3.8) is 0 Å². The molecule has 0 aromatic carbocycles. The lowest BCUT2D eigenvalue weighted by Crippen LogP contribution is -2.53. The van der Waals surface area contributed by atoms with Gasteiger partial charge in [0, 0.05) is 37.9 Å². The minimum atomic E-state index is -0.293. The maximum atomic E-state index is 12.4. The molecule has 2 fully saturated rings. The molecule has 1 unspecified atom stereocenters. The molecule has 1 amide bonds. The molecule has 0 aliphatic carbocycles. The highest BCUT2D eigenvalue weighted by Crippen LogP contribution is 2.27. The maximum absolute atomic E-state index is 12.4. The van der Waals surface area contributed by atoms with Crippen LogP contribution in [0.5, 0.6) is 0 Å². The summed E-state index contributed by atoms with van der Waals surface area (Å²) in [5.74, 6) is 1.18. The molecule has 0 N–H and O–H groups in total. The van der Waals surface area contributed by atoms with Crippen molar-refractivity contribution in [2.75, 3.05) is 26.7 Å². The number of amides is 1. The van der Waals surface area contributed by atoms with Crippen LogP contribution in [-0.2, 0) is 9.59 Å². The molecule has 0 spiro atoms. The van der Waals surface area contributed by atoms with Crippen LogP contribution in [-0.4, -0.2) is 53.7 Å². The Balaban J connectivity index is 1.84. The molecule has 0 saturated carbocycles. The van der Waals surface area contributed by atoms with Gasteiger partial charge in [0.05, 0.1) is 0 Å². The van der Waals surface area contributed by atoms with Crippen LogP contribution in [0.25, 0.3) is 0 Å². The summed E-state index contributed by atoms with van der Waals surface area (Å²) >= 11 is 0. The molecule has 2 heterocycles. The topological polar surface area (TPSA) is 40.6 Å². The van der Waals surface area contributed by atoms with E-state index in [9.17, 15) is 9.59 Å². The normalized spacial score (nSPS) is 27.8. The van der Waals surface area contributed by atoms with Crippen LogP contribution in [0.3, 0.4) is 0 Å². The van der Waals surface area contributed by atoms with Gasteiger partial charge in [0.2, 0.25) is 5.91 Å². The number of piperidine rings is 1. The molecule has 4 heteroatoms. The van der Waals surface area contributed by atoms with Gasteiger partial charge >= 0.3 is 0 Å². The zero-order valence-electron chi connectivity index (χ0n) is 12.4. The third-order valence-electron chi connectivity index (χ3n) is 4.53. The molecule has 19 heavy (non-hydrogen) atoms. The molecular weight excluding hydrogens is 240 g/mol. The molecule has 2 aliphatic heterocycles. The van der Waals surface area contributed by atoms with Crippen LogP contribution in [0.4, 0.5) is 0 Å². The van der Waals surface area contributed by atoms with E-state index in [-0.39, 0.29) is 17.2 Å². The van der Waals surface area contributed by atoms with Crippen molar-refractivity contribution in [1.29, 1.82) is 0 Å². The monoisotopic (exact) mass is 266 g/mol. The average Bonchev–Trinajstić information content (AvgIpc) is 2.70. The fraction of sp³-hybridized carbons (Fsp3) is 0.867. The zero-order chi connectivity index (χ0) is 14.0. The second kappa shape index (κ2) is 5.61. The maximum Gasteiger partial charge on any atom is 0.223 e. The molecule has 0 aromatic heterocycles. The molecule has 2 saturated heterocycles. The number of carbonyl (C=O) groups is 2. The predicted molar refractivity (Wildman–Crippen MR) is 74.9 cm³/mol. The fourth-order valence-corrected chi connectivity index (χ4v) is 3.39. The number of nitrogens with zero attached hydrogens (tertiary/aromatic N) is 2. The van der Waals surface area contributed by atoms with Crippen LogP contribution < -0.4 is 0 Å². The van der Waals surface area contributed by atoms with E-state index >= 15 is 0 Å². The highest BCUT2D eigenvalue weighted by molar-refractivity contribution is 5.85. The smallest absolute Gasteiger partial charge is 0.223 e. The molecule has 2 aliphatic rings. The summed E-state index contributed by atoms with van der Waals surface area (Å²) in [6.45, 7) is 6.89. The quantitative estimate of drug-likeness (QED) is 0.780. The summed E-state index contributed by atoms with van der Waals surface area (Å²) in [5.41, 5.74) is -0.293. The van der Waals surface area contributed by atoms with Gasteiger partial charge in [0.25, 0.3) is 0 Å². The lowest BCUT2D eigenvalue weighted by molar-refractivity contribution is -0.142. The van der Waals surface area contributed by atoms with Crippen LogP contribution in [0, 0.1) is 5.92 Å². The minimum Gasteiger partial charge on any atom is -0.337 e. The van der Waals surface area contributed by atoms with Gasteiger partial charge < -0.3 is 9.80 Å². The van der Waals surface area contributed by atoms with Crippen molar-refractivity contribution in [1.82, 2.24) is 9.80 Å². The molecule has 4 nitrogen and oxygen atoms in total. The van der Waals surface area contributed by atoms with Crippen molar-refractivity contribution in [3.8, 4) is 0 Å². The number of ketones is 1. The number of hydrogen-bond donors (Lipinski definition) is 0. The van der Waals surface area contributed by atoms with Gasteiger partial charge in [-0.15, -0.1) is 0 Å². The summed E-state index contributed by atoms with van der Waals surface area (Å²) in [4.78, 5) is 28.1. The van der Waals surface area contributed by atoms with E-state index in [1.54, 1.807) is 0 Å². The Hall–Kier alpha value is -0.900. The Kier molecular flexibility index (Phi) is 4.29. The van der Waals surface area contributed by atoms with Gasteiger partial charge in [-0.05, 0) is 46.2 Å². The van der Waals surface area contributed by atoms with Crippen molar-refractivity contribution in [3.05, 3.63) is 0 Å². The van der Waals surface area contributed by atoms with Gasteiger partial charge in [0.1, 0.15) is 5.78 Å². The average molecular weight is 266 g/mol. The largest absolute Gasteiger partial charge is 0.337 e. The molecule has 0 bridgehead atoms. The van der Waals surface area contributed by atoms with E-state index in [0.29, 0.717) is 31.7 Å². The number of hydrogen-bond acceptors (Lipinski definition) is 3. The Bertz CT molecular complexity index is 365. The number of carbonyl (C=O) groups excluding carboxylic acids is 2. The van der Waals surface area contributed by atoms with E-state index in [0.717, 1.165) is 19.5 Å². The summed E-state index contributed by atoms with van der Waals surface area (Å²) < 4.78 is 0. The predicted octanol–water partition coefficient (Wildman–Crippen LogP) is 1.69. The van der Waals surface area contributed by atoms with Crippen molar-refractivity contribution >= 4 is 11.7 Å². The van der Waals surface area contributed by atoms with E-state index in [2.05, 4.69) is 11.9 Å². The molecular formula is C15H26N2O2. The second-order valence-corrected chi connectivity index (χ2v) is 6.78. The molecule has 1 atom stereocenters. The highest BCUT2D eigenvalue weighted by Gasteiger charge is 2.36.